The van der Waals surface area contributed by atoms with Crippen molar-refractivity contribution in [2.75, 3.05) is 13.6 Å². The number of hydrogen-bond acceptors (Lipinski definition) is 4. The summed E-state index contributed by atoms with van der Waals surface area (Å²) in [6.45, 7) is 3.23. The van der Waals surface area contributed by atoms with Crippen LogP contribution in [0.15, 0.2) is 23.4 Å². The highest BCUT2D eigenvalue weighted by Crippen LogP contribution is 2.06. The van der Waals surface area contributed by atoms with Crippen molar-refractivity contribution in [2.45, 2.75) is 37.8 Å². The summed E-state index contributed by atoms with van der Waals surface area (Å²) in [5, 5.41) is 3.07. The van der Waals surface area contributed by atoms with Crippen molar-refractivity contribution >= 4 is 10.0 Å². The Morgan fingerprint density at radius 1 is 1.28 bits per heavy atom. The first-order valence-electron chi connectivity index (χ1n) is 6.19. The predicted molar refractivity (Wildman–Crippen MR) is 71.7 cm³/mol. The third kappa shape index (κ3) is 4.72. The minimum Gasteiger partial charge on any atom is -0.316 e. The van der Waals surface area contributed by atoms with E-state index in [1.165, 1.54) is 6.07 Å². The molecule has 0 saturated heterocycles. The lowest BCUT2D eigenvalue weighted by molar-refractivity contribution is 0.572. The Balaban J connectivity index is 2.61. The molecule has 0 bridgehead atoms. The first kappa shape index (κ1) is 15.1. The zero-order valence-corrected chi connectivity index (χ0v) is 11.8. The number of pyridine rings is 1. The lowest BCUT2D eigenvalue weighted by atomic mass is 10.3. The molecule has 0 aromatic carbocycles. The number of unbranched alkanes of at least 4 members (excludes halogenated alkanes) is 2. The van der Waals surface area contributed by atoms with Crippen LogP contribution in [0, 0.1) is 0 Å². The van der Waals surface area contributed by atoms with Gasteiger partial charge in [-0.15, -0.1) is 0 Å². The van der Waals surface area contributed by atoms with Gasteiger partial charge in [-0.25, -0.2) is 18.1 Å². The smallest absolute Gasteiger partial charge is 0.258 e. The highest BCUT2D eigenvalue weighted by atomic mass is 32.2. The molecule has 0 amide bonds. The van der Waals surface area contributed by atoms with Gasteiger partial charge in [0.25, 0.3) is 10.0 Å². The number of sulfonamides is 1. The topological polar surface area (TPSA) is 71.1 Å². The fourth-order valence-corrected chi connectivity index (χ4v) is 2.53. The van der Waals surface area contributed by atoms with Gasteiger partial charge in [0.1, 0.15) is 0 Å². The fourth-order valence-electron chi connectivity index (χ4n) is 1.53. The van der Waals surface area contributed by atoms with E-state index in [9.17, 15) is 8.42 Å². The minimum absolute atomic E-state index is 0.0823. The van der Waals surface area contributed by atoms with Gasteiger partial charge in [-0.2, -0.15) is 0 Å². The monoisotopic (exact) mass is 271 g/mol. The van der Waals surface area contributed by atoms with E-state index >= 15 is 0 Å². The number of nitrogens with one attached hydrogen (secondary N) is 2. The first-order valence-corrected chi connectivity index (χ1v) is 7.67. The molecule has 1 aromatic heterocycles. The molecule has 0 radical (unpaired) electrons. The molecule has 0 aliphatic carbocycles. The average molecular weight is 271 g/mol. The maximum Gasteiger partial charge on any atom is 0.258 e. The van der Waals surface area contributed by atoms with Crippen molar-refractivity contribution in [1.82, 2.24) is 15.0 Å². The quantitative estimate of drug-likeness (QED) is 0.699. The fraction of sp³-hybridized carbons (Fsp3) is 0.583. The van der Waals surface area contributed by atoms with Crippen molar-refractivity contribution in [3.8, 4) is 0 Å². The van der Waals surface area contributed by atoms with E-state index in [1.807, 2.05) is 7.05 Å². The van der Waals surface area contributed by atoms with Gasteiger partial charge in [-0.3, -0.25) is 0 Å². The Hall–Kier alpha value is -0.980. The maximum absolute atomic E-state index is 11.9. The van der Waals surface area contributed by atoms with E-state index in [2.05, 4.69) is 21.9 Å². The molecule has 0 aliphatic heterocycles. The molecule has 1 aromatic rings. The van der Waals surface area contributed by atoms with Gasteiger partial charge in [0.2, 0.25) is 0 Å². The third-order valence-electron chi connectivity index (χ3n) is 2.53. The van der Waals surface area contributed by atoms with Gasteiger partial charge in [0.05, 0.1) is 0 Å². The zero-order chi connectivity index (χ0) is 13.4. The SMILES string of the molecule is CCCCCNS(=O)(=O)c1ccc(CNC)cn1. The van der Waals surface area contributed by atoms with Crippen molar-refractivity contribution in [2.24, 2.45) is 0 Å². The summed E-state index contributed by atoms with van der Waals surface area (Å²) >= 11 is 0. The molecule has 0 fully saturated rings. The Bertz CT molecular complexity index is 443. The van der Waals surface area contributed by atoms with Crippen LogP contribution >= 0.6 is 0 Å². The number of aromatic nitrogens is 1. The molecule has 0 atom stereocenters. The van der Waals surface area contributed by atoms with Gasteiger partial charge in [0.15, 0.2) is 5.03 Å². The van der Waals surface area contributed by atoms with E-state index in [1.54, 1.807) is 12.3 Å². The summed E-state index contributed by atoms with van der Waals surface area (Å²) < 4.78 is 26.3. The Morgan fingerprint density at radius 3 is 2.61 bits per heavy atom. The average Bonchev–Trinajstić information content (AvgIpc) is 2.36. The summed E-state index contributed by atoms with van der Waals surface area (Å²) in [5.41, 5.74) is 0.961. The molecule has 0 unspecified atom stereocenters. The summed E-state index contributed by atoms with van der Waals surface area (Å²) in [6.07, 6.45) is 4.53. The van der Waals surface area contributed by atoms with Crippen molar-refractivity contribution in [3.63, 3.8) is 0 Å². The summed E-state index contributed by atoms with van der Waals surface area (Å²) in [6, 6.07) is 3.30. The molecular weight excluding hydrogens is 250 g/mol. The van der Waals surface area contributed by atoms with Gasteiger partial charge < -0.3 is 5.32 Å². The van der Waals surface area contributed by atoms with Crippen LogP contribution in [-0.4, -0.2) is 27.0 Å². The standard InChI is InChI=1S/C12H21N3O2S/c1-3-4-5-8-15-18(16,17)12-7-6-11(9-13-2)10-14-12/h6-7,10,13,15H,3-5,8-9H2,1-2H3. The second kappa shape index (κ2) is 7.45. The molecule has 2 N–H and O–H groups in total. The number of hydrogen-bond donors (Lipinski definition) is 2. The second-order valence-electron chi connectivity index (χ2n) is 4.14. The van der Waals surface area contributed by atoms with Crippen LogP contribution in [0.1, 0.15) is 31.7 Å². The van der Waals surface area contributed by atoms with Gasteiger partial charge in [0, 0.05) is 19.3 Å². The maximum atomic E-state index is 11.9. The first-order chi connectivity index (χ1) is 8.60. The largest absolute Gasteiger partial charge is 0.316 e. The number of rotatable bonds is 8. The van der Waals surface area contributed by atoms with Crippen molar-refractivity contribution < 1.29 is 8.42 Å². The predicted octanol–water partition coefficient (Wildman–Crippen LogP) is 1.27. The Kier molecular flexibility index (Phi) is 6.24. The molecule has 1 heterocycles. The van der Waals surface area contributed by atoms with Crippen LogP contribution in [-0.2, 0) is 16.6 Å². The lowest BCUT2D eigenvalue weighted by Gasteiger charge is -2.06. The van der Waals surface area contributed by atoms with Gasteiger partial charge in [-0.1, -0.05) is 25.8 Å². The van der Waals surface area contributed by atoms with Crippen molar-refractivity contribution in [1.29, 1.82) is 0 Å². The van der Waals surface area contributed by atoms with E-state index < -0.39 is 10.0 Å². The Morgan fingerprint density at radius 2 is 2.06 bits per heavy atom. The molecule has 102 valence electrons. The highest BCUT2D eigenvalue weighted by Gasteiger charge is 2.14. The molecule has 6 heteroatoms. The van der Waals surface area contributed by atoms with Crippen LogP contribution in [0.3, 0.4) is 0 Å². The molecule has 0 spiro atoms. The van der Waals surface area contributed by atoms with Gasteiger partial charge in [-0.05, 0) is 25.1 Å². The summed E-state index contributed by atoms with van der Waals surface area (Å²) in [7, 11) is -1.62. The summed E-state index contributed by atoms with van der Waals surface area (Å²) in [4.78, 5) is 3.98. The van der Waals surface area contributed by atoms with Gasteiger partial charge >= 0.3 is 0 Å². The molecule has 1 rings (SSSR count). The Labute approximate surface area is 109 Å². The van der Waals surface area contributed by atoms with Crippen LogP contribution in [0.4, 0.5) is 0 Å². The molecule has 0 saturated carbocycles. The molecule has 18 heavy (non-hydrogen) atoms. The van der Waals surface area contributed by atoms with Crippen LogP contribution in [0.5, 0.6) is 0 Å². The van der Waals surface area contributed by atoms with Crippen LogP contribution in [0.25, 0.3) is 0 Å². The highest BCUT2D eigenvalue weighted by molar-refractivity contribution is 7.89. The lowest BCUT2D eigenvalue weighted by Crippen LogP contribution is -2.25. The zero-order valence-electron chi connectivity index (χ0n) is 10.9. The van der Waals surface area contributed by atoms with E-state index in [-0.39, 0.29) is 5.03 Å². The molecular formula is C12H21N3O2S. The molecule has 5 nitrogen and oxygen atoms in total. The molecule has 0 aliphatic rings. The number of nitrogens with zero attached hydrogens (tertiary/aromatic N) is 1. The van der Waals surface area contributed by atoms with E-state index in [0.29, 0.717) is 13.1 Å². The second-order valence-corrected chi connectivity index (χ2v) is 5.85. The van der Waals surface area contributed by atoms with Crippen LogP contribution in [0.2, 0.25) is 0 Å². The summed E-state index contributed by atoms with van der Waals surface area (Å²) in [5.74, 6) is 0. The minimum atomic E-state index is -3.45. The van der Waals surface area contributed by atoms with Crippen molar-refractivity contribution in [3.05, 3.63) is 23.9 Å². The van der Waals surface area contributed by atoms with E-state index in [4.69, 9.17) is 0 Å². The normalized spacial score (nSPS) is 11.7. The van der Waals surface area contributed by atoms with Crippen LogP contribution < -0.4 is 10.0 Å². The third-order valence-corrected chi connectivity index (χ3v) is 3.90. The van der Waals surface area contributed by atoms with E-state index in [0.717, 1.165) is 24.8 Å².